The molecule has 1 aromatic carbocycles. The van der Waals surface area contributed by atoms with Gasteiger partial charge in [0.15, 0.2) is 0 Å². The molecule has 2 amide bonds. The Bertz CT molecular complexity index is 795. The van der Waals surface area contributed by atoms with Gasteiger partial charge in [0.2, 0.25) is 0 Å². The van der Waals surface area contributed by atoms with Gasteiger partial charge in [-0.25, -0.2) is 13.9 Å². The molecule has 5 nitrogen and oxygen atoms in total. The van der Waals surface area contributed by atoms with E-state index >= 15 is 0 Å². The molecule has 1 aromatic heterocycles. The summed E-state index contributed by atoms with van der Waals surface area (Å²) in [6.45, 7) is 6.51. The van der Waals surface area contributed by atoms with E-state index in [-0.39, 0.29) is 23.8 Å². The van der Waals surface area contributed by atoms with Crippen molar-refractivity contribution in [3.05, 3.63) is 59.2 Å². The molecule has 6 heteroatoms. The van der Waals surface area contributed by atoms with Crippen LogP contribution in [0.3, 0.4) is 0 Å². The molecular formula is C19H23FN4O. The number of amides is 2. The number of halogens is 1. The quantitative estimate of drug-likeness (QED) is 0.837. The van der Waals surface area contributed by atoms with Crippen molar-refractivity contribution >= 4 is 6.03 Å². The van der Waals surface area contributed by atoms with E-state index in [9.17, 15) is 9.18 Å². The second kappa shape index (κ2) is 7.09. The van der Waals surface area contributed by atoms with Gasteiger partial charge in [0.1, 0.15) is 5.82 Å². The molecule has 0 saturated heterocycles. The molecule has 0 radical (unpaired) electrons. The van der Waals surface area contributed by atoms with E-state index in [4.69, 9.17) is 0 Å². The second-order valence-electron chi connectivity index (χ2n) is 6.31. The lowest BCUT2D eigenvalue weighted by molar-refractivity contribution is 0.239. The number of benzene rings is 1. The Balaban J connectivity index is 1.79. The van der Waals surface area contributed by atoms with Crippen molar-refractivity contribution in [2.45, 2.75) is 39.2 Å². The van der Waals surface area contributed by atoms with Crippen molar-refractivity contribution in [2.75, 3.05) is 6.54 Å². The maximum absolute atomic E-state index is 13.2. The van der Waals surface area contributed by atoms with Crippen LogP contribution >= 0.6 is 0 Å². The van der Waals surface area contributed by atoms with E-state index < -0.39 is 0 Å². The van der Waals surface area contributed by atoms with Crippen LogP contribution in [0, 0.1) is 19.7 Å². The van der Waals surface area contributed by atoms with Gasteiger partial charge in [-0.05, 0) is 51.5 Å². The number of hydrogen-bond acceptors (Lipinski definition) is 2. The van der Waals surface area contributed by atoms with Gasteiger partial charge in [0.05, 0.1) is 11.4 Å². The third kappa shape index (κ3) is 3.57. The van der Waals surface area contributed by atoms with Crippen molar-refractivity contribution in [3.8, 4) is 5.69 Å². The van der Waals surface area contributed by atoms with Crippen molar-refractivity contribution in [3.63, 3.8) is 0 Å². The largest absolute Gasteiger partial charge is 0.338 e. The lowest BCUT2D eigenvalue weighted by atomic mass is 9.96. The highest BCUT2D eigenvalue weighted by Crippen LogP contribution is 2.33. The number of carbonyl (C=O) groups is 1. The lowest BCUT2D eigenvalue weighted by Gasteiger charge is -2.15. The molecule has 2 N–H and O–H groups in total. The van der Waals surface area contributed by atoms with Crippen molar-refractivity contribution in [1.29, 1.82) is 0 Å². The highest BCUT2D eigenvalue weighted by Gasteiger charge is 2.26. The number of allylic oxidation sites excluding steroid dienone is 1. The molecule has 1 aliphatic carbocycles. The molecule has 0 fully saturated rings. The third-order valence-electron chi connectivity index (χ3n) is 4.53. The van der Waals surface area contributed by atoms with E-state index in [1.54, 1.807) is 12.1 Å². The number of nitrogens with zero attached hydrogens (tertiary/aromatic N) is 2. The zero-order valence-corrected chi connectivity index (χ0v) is 14.7. The Morgan fingerprint density at radius 2 is 2.00 bits per heavy atom. The summed E-state index contributed by atoms with van der Waals surface area (Å²) in [7, 11) is 0. The topological polar surface area (TPSA) is 59.0 Å². The molecule has 2 unspecified atom stereocenters. The minimum Gasteiger partial charge on any atom is -0.338 e. The van der Waals surface area contributed by atoms with Crippen molar-refractivity contribution in [2.24, 2.45) is 0 Å². The maximum Gasteiger partial charge on any atom is 0.315 e. The predicted octanol–water partition coefficient (Wildman–Crippen LogP) is 3.36. The summed E-state index contributed by atoms with van der Waals surface area (Å²) in [6.07, 6.45) is 4.98. The first-order valence-corrected chi connectivity index (χ1v) is 8.54. The normalized spacial score (nSPS) is 19.2. The number of hydrogen-bond donors (Lipinski definition) is 2. The molecule has 0 saturated carbocycles. The average Bonchev–Trinajstić information content (AvgIpc) is 3.12. The van der Waals surface area contributed by atoms with Crippen LogP contribution in [0.5, 0.6) is 0 Å². The lowest BCUT2D eigenvalue weighted by Crippen LogP contribution is -2.40. The Labute approximate surface area is 146 Å². The molecule has 132 valence electrons. The van der Waals surface area contributed by atoms with E-state index in [0.717, 1.165) is 23.5 Å². The Morgan fingerprint density at radius 3 is 2.68 bits per heavy atom. The van der Waals surface area contributed by atoms with E-state index in [1.807, 2.05) is 31.5 Å². The minimum atomic E-state index is -0.261. The number of aryl methyl sites for hydroxylation is 1. The number of urea groups is 1. The van der Waals surface area contributed by atoms with Gasteiger partial charge in [-0.15, -0.1) is 0 Å². The highest BCUT2D eigenvalue weighted by atomic mass is 19.1. The highest BCUT2D eigenvalue weighted by molar-refractivity contribution is 5.74. The van der Waals surface area contributed by atoms with Gasteiger partial charge in [0.25, 0.3) is 0 Å². The van der Waals surface area contributed by atoms with E-state index in [0.29, 0.717) is 6.54 Å². The second-order valence-corrected chi connectivity index (χ2v) is 6.31. The molecular weight excluding hydrogens is 319 g/mol. The van der Waals surface area contributed by atoms with Gasteiger partial charge in [-0.3, -0.25) is 0 Å². The summed E-state index contributed by atoms with van der Waals surface area (Å²) >= 11 is 0. The van der Waals surface area contributed by atoms with Crippen LogP contribution in [-0.4, -0.2) is 28.4 Å². The third-order valence-corrected chi connectivity index (χ3v) is 4.53. The molecule has 0 spiro atoms. The van der Waals surface area contributed by atoms with Gasteiger partial charge in [-0.1, -0.05) is 12.2 Å². The number of nitrogens with one attached hydrogen (secondary N) is 2. The minimum absolute atomic E-state index is 0.0181. The SMILES string of the molecule is CCNC(=O)NC1C=CC(c2c(C)nn(-c3ccc(F)cc3)c2C)C1. The first-order chi connectivity index (χ1) is 12.0. The fourth-order valence-electron chi connectivity index (χ4n) is 3.43. The van der Waals surface area contributed by atoms with Crippen molar-refractivity contribution in [1.82, 2.24) is 20.4 Å². The number of rotatable bonds is 4. The molecule has 3 rings (SSSR count). The summed E-state index contributed by atoms with van der Waals surface area (Å²) < 4.78 is 15.0. The van der Waals surface area contributed by atoms with Crippen LogP contribution in [0.25, 0.3) is 5.69 Å². The van der Waals surface area contributed by atoms with Gasteiger partial charge >= 0.3 is 6.03 Å². The van der Waals surface area contributed by atoms with Crippen molar-refractivity contribution < 1.29 is 9.18 Å². The summed E-state index contributed by atoms with van der Waals surface area (Å²) in [5, 5.41) is 10.3. The van der Waals surface area contributed by atoms with Gasteiger partial charge in [0, 0.05) is 29.8 Å². The Morgan fingerprint density at radius 1 is 1.28 bits per heavy atom. The first-order valence-electron chi connectivity index (χ1n) is 8.54. The fourth-order valence-corrected chi connectivity index (χ4v) is 3.43. The van der Waals surface area contributed by atoms with Crippen LogP contribution in [0.4, 0.5) is 9.18 Å². The molecule has 25 heavy (non-hydrogen) atoms. The van der Waals surface area contributed by atoms with Crippen LogP contribution in [0.1, 0.15) is 36.2 Å². The van der Waals surface area contributed by atoms with Crippen LogP contribution < -0.4 is 10.6 Å². The summed E-state index contributed by atoms with van der Waals surface area (Å²) in [5.74, 6) is -0.0513. The summed E-state index contributed by atoms with van der Waals surface area (Å²) in [5.41, 5.74) is 4.00. The zero-order valence-electron chi connectivity index (χ0n) is 14.7. The van der Waals surface area contributed by atoms with Crippen LogP contribution in [-0.2, 0) is 0 Å². The molecule has 2 atom stereocenters. The average molecular weight is 342 g/mol. The fraction of sp³-hybridized carbons (Fsp3) is 0.368. The standard InChI is InChI=1S/C19H23FN4O/c1-4-21-19(25)22-16-8-5-14(11-16)18-12(2)23-24(13(18)3)17-9-6-15(20)7-10-17/h5-10,14,16H,4,11H2,1-3H3,(H2,21,22,25). The van der Waals surface area contributed by atoms with Crippen LogP contribution in [0.15, 0.2) is 36.4 Å². The van der Waals surface area contributed by atoms with Crippen LogP contribution in [0.2, 0.25) is 0 Å². The Hall–Kier alpha value is -2.63. The predicted molar refractivity (Wildman–Crippen MR) is 95.5 cm³/mol. The monoisotopic (exact) mass is 342 g/mol. The maximum atomic E-state index is 13.2. The van der Waals surface area contributed by atoms with E-state index in [2.05, 4.69) is 21.8 Å². The zero-order chi connectivity index (χ0) is 18.0. The summed E-state index contributed by atoms with van der Waals surface area (Å²) in [6, 6.07) is 6.20. The molecule has 1 aliphatic rings. The first kappa shape index (κ1) is 17.2. The Kier molecular flexibility index (Phi) is 4.88. The van der Waals surface area contributed by atoms with Gasteiger partial charge < -0.3 is 10.6 Å². The van der Waals surface area contributed by atoms with E-state index in [1.165, 1.54) is 17.7 Å². The molecule has 1 heterocycles. The molecule has 0 bridgehead atoms. The number of aromatic nitrogens is 2. The summed E-state index contributed by atoms with van der Waals surface area (Å²) in [4.78, 5) is 11.7. The molecule has 0 aliphatic heterocycles. The smallest absolute Gasteiger partial charge is 0.315 e. The van der Waals surface area contributed by atoms with Gasteiger partial charge in [-0.2, -0.15) is 5.10 Å². The molecule has 2 aromatic rings. The number of carbonyl (C=O) groups excluding carboxylic acids is 1.